The molecule has 5 heteroatoms. The number of hydrogen-bond acceptors (Lipinski definition) is 4. The summed E-state index contributed by atoms with van der Waals surface area (Å²) in [5, 5.41) is 24.3. The largest absolute Gasteiger partial charge is 0.480 e. The van der Waals surface area contributed by atoms with Gasteiger partial charge >= 0.3 is 5.97 Å². The molecule has 0 saturated carbocycles. The van der Waals surface area contributed by atoms with Crippen LogP contribution in [0, 0.1) is 0 Å². The van der Waals surface area contributed by atoms with Crippen molar-refractivity contribution in [3.8, 4) is 0 Å². The van der Waals surface area contributed by atoms with Gasteiger partial charge in [-0.3, -0.25) is 15.2 Å². The van der Waals surface area contributed by atoms with Gasteiger partial charge in [-0.05, 0) is 6.42 Å². The van der Waals surface area contributed by atoms with Crippen molar-refractivity contribution in [1.29, 1.82) is 0 Å². The molecular formula is C4H9NO4. The van der Waals surface area contributed by atoms with Crippen molar-refractivity contribution in [2.45, 2.75) is 19.4 Å². The summed E-state index contributed by atoms with van der Waals surface area (Å²) in [5.41, 5.74) is 0. The number of hydrogen-bond donors (Lipinski definition) is 3. The van der Waals surface area contributed by atoms with Gasteiger partial charge in [0.15, 0.2) is 6.04 Å². The Morgan fingerprint density at radius 2 is 2.11 bits per heavy atom. The third-order valence-electron chi connectivity index (χ3n) is 0.951. The van der Waals surface area contributed by atoms with Crippen molar-refractivity contribution in [3.05, 3.63) is 0 Å². The van der Waals surface area contributed by atoms with Crippen molar-refractivity contribution in [3.63, 3.8) is 0 Å². The lowest BCUT2D eigenvalue weighted by atomic mass is 10.2. The molecule has 0 aliphatic rings. The fourth-order valence-corrected chi connectivity index (χ4v) is 0.437. The summed E-state index contributed by atoms with van der Waals surface area (Å²) in [7, 11) is 0. The molecule has 0 fully saturated rings. The van der Waals surface area contributed by atoms with Crippen LogP contribution in [0.15, 0.2) is 0 Å². The standard InChI is InChI=1S/C4H9NO4/c1-2-3(4(6)7)5(8)9/h3,8-9H,2H2,1H3,(H,6,7)/t3-/m0/s1. The fourth-order valence-electron chi connectivity index (χ4n) is 0.437. The first-order chi connectivity index (χ1) is 4.09. The van der Waals surface area contributed by atoms with Gasteiger partial charge in [0.25, 0.3) is 0 Å². The lowest BCUT2D eigenvalue weighted by Gasteiger charge is -2.12. The van der Waals surface area contributed by atoms with E-state index in [9.17, 15) is 4.79 Å². The molecule has 0 radical (unpaired) electrons. The van der Waals surface area contributed by atoms with Gasteiger partial charge in [0.1, 0.15) is 0 Å². The monoisotopic (exact) mass is 135 g/mol. The van der Waals surface area contributed by atoms with Gasteiger partial charge in [-0.2, -0.15) is 0 Å². The average Bonchev–Trinajstić information content (AvgIpc) is 1.64. The normalized spacial score (nSPS) is 13.8. The van der Waals surface area contributed by atoms with Crippen LogP contribution in [0.5, 0.6) is 0 Å². The molecule has 9 heavy (non-hydrogen) atoms. The van der Waals surface area contributed by atoms with Gasteiger partial charge in [0.05, 0.1) is 0 Å². The number of carbonyl (C=O) groups is 1. The highest BCUT2D eigenvalue weighted by atomic mass is 16.8. The van der Waals surface area contributed by atoms with E-state index in [0.717, 1.165) is 0 Å². The number of rotatable bonds is 3. The van der Waals surface area contributed by atoms with Crippen molar-refractivity contribution < 1.29 is 20.3 Å². The molecule has 0 aliphatic carbocycles. The van der Waals surface area contributed by atoms with E-state index in [1.165, 1.54) is 6.92 Å². The Morgan fingerprint density at radius 3 is 2.11 bits per heavy atom. The maximum absolute atomic E-state index is 10.0. The average molecular weight is 135 g/mol. The van der Waals surface area contributed by atoms with Crippen molar-refractivity contribution in [2.75, 3.05) is 0 Å². The molecule has 0 heterocycles. The summed E-state index contributed by atoms with van der Waals surface area (Å²) in [6.45, 7) is 1.54. The quantitative estimate of drug-likeness (QED) is 0.472. The van der Waals surface area contributed by atoms with Crippen LogP contribution in [0.1, 0.15) is 13.3 Å². The van der Waals surface area contributed by atoms with Crippen LogP contribution < -0.4 is 0 Å². The van der Waals surface area contributed by atoms with Crippen LogP contribution >= 0.6 is 0 Å². The predicted molar refractivity (Wildman–Crippen MR) is 27.1 cm³/mol. The second kappa shape index (κ2) is 3.39. The molecule has 0 aromatic heterocycles. The zero-order chi connectivity index (χ0) is 7.44. The Morgan fingerprint density at radius 1 is 1.67 bits per heavy atom. The topological polar surface area (TPSA) is 81.0 Å². The van der Waals surface area contributed by atoms with E-state index in [2.05, 4.69) is 0 Å². The Bertz CT molecular complexity index is 103. The van der Waals surface area contributed by atoms with Gasteiger partial charge in [-0.1, -0.05) is 12.2 Å². The summed E-state index contributed by atoms with van der Waals surface area (Å²) in [6, 6.07) is -1.22. The highest BCUT2D eigenvalue weighted by Gasteiger charge is 2.20. The highest BCUT2D eigenvalue weighted by Crippen LogP contribution is 1.96. The van der Waals surface area contributed by atoms with E-state index >= 15 is 0 Å². The first kappa shape index (κ1) is 8.35. The minimum Gasteiger partial charge on any atom is -0.480 e. The number of hydroxylamine groups is 2. The van der Waals surface area contributed by atoms with Crippen LogP contribution in [-0.4, -0.2) is 32.8 Å². The second-order valence-electron chi connectivity index (χ2n) is 1.58. The van der Waals surface area contributed by atoms with Crippen molar-refractivity contribution in [1.82, 2.24) is 5.23 Å². The lowest BCUT2D eigenvalue weighted by molar-refractivity contribution is -0.327. The van der Waals surface area contributed by atoms with E-state index in [-0.39, 0.29) is 11.6 Å². The molecule has 0 aliphatic heterocycles. The molecule has 3 N–H and O–H groups in total. The fraction of sp³-hybridized carbons (Fsp3) is 0.750. The lowest BCUT2D eigenvalue weighted by Crippen LogP contribution is -2.35. The molecular weight excluding hydrogens is 126 g/mol. The van der Waals surface area contributed by atoms with Gasteiger partial charge < -0.3 is 5.11 Å². The molecule has 0 bridgehead atoms. The highest BCUT2D eigenvalue weighted by molar-refractivity contribution is 5.72. The van der Waals surface area contributed by atoms with Crippen molar-refractivity contribution >= 4 is 5.97 Å². The Balaban J connectivity index is 3.83. The minimum atomic E-state index is -1.25. The van der Waals surface area contributed by atoms with Crippen LogP contribution in [0.4, 0.5) is 0 Å². The molecule has 0 unspecified atom stereocenters. The minimum absolute atomic E-state index is 0.155. The van der Waals surface area contributed by atoms with Crippen molar-refractivity contribution in [2.24, 2.45) is 0 Å². The summed E-state index contributed by atoms with van der Waals surface area (Å²) >= 11 is 0. The molecule has 1 atom stereocenters. The smallest absolute Gasteiger partial charge is 0.325 e. The number of aliphatic carboxylic acids is 1. The number of carboxylic acid groups (broad SMARTS) is 1. The van der Waals surface area contributed by atoms with E-state index in [1.54, 1.807) is 0 Å². The zero-order valence-electron chi connectivity index (χ0n) is 4.98. The number of nitrogens with zero attached hydrogens (tertiary/aromatic N) is 1. The SMILES string of the molecule is CC[C@@H](C(=O)O)N(O)O. The van der Waals surface area contributed by atoms with Crippen LogP contribution in [0.25, 0.3) is 0 Å². The molecule has 0 aromatic carbocycles. The Labute approximate surface area is 52.0 Å². The van der Waals surface area contributed by atoms with Gasteiger partial charge in [0.2, 0.25) is 0 Å². The summed E-state index contributed by atoms with van der Waals surface area (Å²) in [5.74, 6) is -1.25. The summed E-state index contributed by atoms with van der Waals surface area (Å²) in [6.07, 6.45) is 0.155. The van der Waals surface area contributed by atoms with Crippen LogP contribution in [-0.2, 0) is 4.79 Å². The first-order valence-electron chi connectivity index (χ1n) is 2.49. The third-order valence-corrected chi connectivity index (χ3v) is 0.951. The number of carboxylic acids is 1. The summed E-state index contributed by atoms with van der Waals surface area (Å²) in [4.78, 5) is 10.0. The Kier molecular flexibility index (Phi) is 3.15. The predicted octanol–water partition coefficient (Wildman–Crippen LogP) is -0.0700. The van der Waals surface area contributed by atoms with E-state index < -0.39 is 12.0 Å². The Hall–Kier alpha value is -0.650. The van der Waals surface area contributed by atoms with Gasteiger partial charge in [0, 0.05) is 0 Å². The van der Waals surface area contributed by atoms with Crippen LogP contribution in [0.3, 0.4) is 0 Å². The third kappa shape index (κ3) is 2.41. The maximum atomic E-state index is 10.0. The molecule has 54 valence electrons. The van der Waals surface area contributed by atoms with E-state index in [4.69, 9.17) is 15.5 Å². The van der Waals surface area contributed by atoms with Gasteiger partial charge in [-0.15, -0.1) is 0 Å². The molecule has 0 rings (SSSR count). The molecule has 5 nitrogen and oxygen atoms in total. The van der Waals surface area contributed by atoms with E-state index in [0.29, 0.717) is 0 Å². The zero-order valence-corrected chi connectivity index (χ0v) is 4.98. The van der Waals surface area contributed by atoms with Gasteiger partial charge in [-0.25, -0.2) is 0 Å². The summed E-state index contributed by atoms with van der Waals surface area (Å²) < 4.78 is 0. The molecule has 0 spiro atoms. The molecule has 0 aromatic rings. The maximum Gasteiger partial charge on any atom is 0.325 e. The molecule has 0 saturated heterocycles. The van der Waals surface area contributed by atoms with Crippen LogP contribution in [0.2, 0.25) is 0 Å². The van der Waals surface area contributed by atoms with E-state index in [1.807, 2.05) is 0 Å². The second-order valence-corrected chi connectivity index (χ2v) is 1.58. The molecule has 0 amide bonds. The first-order valence-corrected chi connectivity index (χ1v) is 2.49.